The van der Waals surface area contributed by atoms with Crippen LogP contribution in [0.4, 0.5) is 0 Å². The van der Waals surface area contributed by atoms with Crippen LogP contribution in [0.5, 0.6) is 0 Å². The second kappa shape index (κ2) is 9.43. The van der Waals surface area contributed by atoms with E-state index in [1.807, 2.05) is 54.6 Å². The van der Waals surface area contributed by atoms with E-state index in [2.05, 4.69) is 18.9 Å². The number of carbonyl (C=O) groups excluding carboxylic acids is 1. The van der Waals surface area contributed by atoms with Crippen LogP contribution >= 0.6 is 11.6 Å². The third kappa shape index (κ3) is 4.29. The normalized spacial score (nSPS) is 11.3. The molecule has 2 aromatic heterocycles. The van der Waals surface area contributed by atoms with E-state index in [0.29, 0.717) is 33.7 Å². The zero-order valence-corrected chi connectivity index (χ0v) is 20.6. The summed E-state index contributed by atoms with van der Waals surface area (Å²) in [6.07, 6.45) is 0. The molecular weight excluding hydrogens is 474 g/mol. The Labute approximate surface area is 212 Å². The molecule has 5 aromatic rings. The molecule has 2 heterocycles. The molecule has 0 spiro atoms. The zero-order valence-electron chi connectivity index (χ0n) is 19.9. The summed E-state index contributed by atoms with van der Waals surface area (Å²) >= 11 is 6.12. The smallest absolute Gasteiger partial charge is 0.284 e. The summed E-state index contributed by atoms with van der Waals surface area (Å²) in [5, 5.41) is 5.15. The third-order valence-corrected chi connectivity index (χ3v) is 6.29. The maximum absolute atomic E-state index is 14.1. The number of hydrogen-bond acceptors (Lipinski definition) is 4. The van der Waals surface area contributed by atoms with E-state index in [-0.39, 0.29) is 17.6 Å². The van der Waals surface area contributed by atoms with Gasteiger partial charge in [-0.3, -0.25) is 14.2 Å². The Morgan fingerprint density at radius 1 is 0.944 bits per heavy atom. The van der Waals surface area contributed by atoms with Crippen molar-refractivity contribution in [1.29, 1.82) is 0 Å². The van der Waals surface area contributed by atoms with Gasteiger partial charge in [0.2, 0.25) is 5.91 Å². The lowest BCUT2D eigenvalue weighted by Gasteiger charge is -2.14. The number of hydrogen-bond donors (Lipinski definition) is 1. The second-order valence-corrected chi connectivity index (χ2v) is 9.30. The molecule has 7 nitrogen and oxygen atoms in total. The van der Waals surface area contributed by atoms with Gasteiger partial charge in [-0.25, -0.2) is 9.67 Å². The molecule has 0 radical (unpaired) electrons. The van der Waals surface area contributed by atoms with Gasteiger partial charge in [0.1, 0.15) is 23.6 Å². The van der Waals surface area contributed by atoms with Gasteiger partial charge in [-0.1, -0.05) is 80.0 Å². The predicted octanol–water partition coefficient (Wildman–Crippen LogP) is 5.18. The van der Waals surface area contributed by atoms with Crippen LogP contribution in [-0.4, -0.2) is 25.2 Å². The Bertz CT molecular complexity index is 1620. The molecule has 0 saturated heterocycles. The Morgan fingerprint density at radius 3 is 2.22 bits per heavy atom. The van der Waals surface area contributed by atoms with Crippen molar-refractivity contribution in [3.05, 3.63) is 99.8 Å². The molecule has 0 aliphatic heterocycles. The van der Waals surface area contributed by atoms with Crippen molar-refractivity contribution < 1.29 is 4.79 Å². The topological polar surface area (TPSA) is 95.8 Å². The predicted molar refractivity (Wildman–Crippen MR) is 142 cm³/mol. The number of benzene rings is 3. The highest BCUT2D eigenvalue weighted by Gasteiger charge is 2.23. The SMILES string of the molecule is CC(C)c1ccc(-c2nc3c(-c4ccccc4)nn(CC(N)=O)c3c(=O)n2-c2ccc(Cl)cc2)cc1. The Hall–Kier alpha value is -4.23. The molecule has 8 heteroatoms. The second-order valence-electron chi connectivity index (χ2n) is 8.86. The minimum absolute atomic E-state index is 0.199. The summed E-state index contributed by atoms with van der Waals surface area (Å²) in [4.78, 5) is 30.9. The number of fused-ring (bicyclic) bond motifs is 1. The number of nitrogens with zero attached hydrogens (tertiary/aromatic N) is 4. The van der Waals surface area contributed by atoms with Crippen molar-refractivity contribution in [3.8, 4) is 28.3 Å². The molecule has 36 heavy (non-hydrogen) atoms. The first-order valence-corrected chi connectivity index (χ1v) is 11.9. The zero-order chi connectivity index (χ0) is 25.4. The number of carbonyl (C=O) groups is 1. The summed E-state index contributed by atoms with van der Waals surface area (Å²) < 4.78 is 2.87. The number of nitrogens with two attached hydrogens (primary N) is 1. The Kier molecular flexibility index (Phi) is 6.16. The standard InChI is InChI=1S/C28H24ClN5O2/c1-17(2)18-8-10-20(11-9-18)27-31-25-24(19-6-4-3-5-7-19)32-33(16-23(30)35)26(25)28(36)34(27)22-14-12-21(29)13-15-22/h3-15,17H,16H2,1-2H3,(H2,30,35). The van der Waals surface area contributed by atoms with Gasteiger partial charge in [-0.15, -0.1) is 0 Å². The molecule has 0 atom stereocenters. The summed E-state index contributed by atoms with van der Waals surface area (Å²) in [7, 11) is 0. The van der Waals surface area contributed by atoms with E-state index in [9.17, 15) is 9.59 Å². The highest BCUT2D eigenvalue weighted by Crippen LogP contribution is 2.30. The van der Waals surface area contributed by atoms with Crippen molar-refractivity contribution in [2.45, 2.75) is 26.3 Å². The van der Waals surface area contributed by atoms with Crippen molar-refractivity contribution in [2.24, 2.45) is 5.73 Å². The lowest BCUT2D eigenvalue weighted by molar-refractivity contribution is -0.118. The molecule has 0 unspecified atom stereocenters. The maximum atomic E-state index is 14.1. The number of halogens is 1. The number of rotatable bonds is 6. The highest BCUT2D eigenvalue weighted by atomic mass is 35.5. The van der Waals surface area contributed by atoms with Crippen LogP contribution in [0, 0.1) is 0 Å². The first kappa shape index (κ1) is 23.5. The molecule has 0 aliphatic rings. The van der Waals surface area contributed by atoms with Gasteiger partial charge in [-0.05, 0) is 35.7 Å². The summed E-state index contributed by atoms with van der Waals surface area (Å²) in [6.45, 7) is 4.01. The number of primary amides is 1. The highest BCUT2D eigenvalue weighted by molar-refractivity contribution is 6.30. The van der Waals surface area contributed by atoms with Gasteiger partial charge in [0, 0.05) is 16.1 Å². The Balaban J connectivity index is 1.87. The van der Waals surface area contributed by atoms with E-state index in [0.717, 1.165) is 11.1 Å². The van der Waals surface area contributed by atoms with Crippen molar-refractivity contribution in [1.82, 2.24) is 19.3 Å². The van der Waals surface area contributed by atoms with Gasteiger partial charge < -0.3 is 5.73 Å². The molecule has 1 amide bonds. The van der Waals surface area contributed by atoms with Gasteiger partial charge >= 0.3 is 0 Å². The summed E-state index contributed by atoms with van der Waals surface area (Å²) in [5.41, 5.74) is 9.57. The van der Waals surface area contributed by atoms with Crippen LogP contribution in [0.3, 0.4) is 0 Å². The van der Waals surface area contributed by atoms with Crippen molar-refractivity contribution in [2.75, 3.05) is 0 Å². The summed E-state index contributed by atoms with van der Waals surface area (Å²) in [6, 6.07) is 24.4. The van der Waals surface area contributed by atoms with Gasteiger partial charge in [0.05, 0.1) is 5.69 Å². The number of amides is 1. The average Bonchev–Trinajstić information content (AvgIpc) is 3.23. The minimum atomic E-state index is -0.607. The van der Waals surface area contributed by atoms with Gasteiger partial charge in [0.15, 0.2) is 5.52 Å². The van der Waals surface area contributed by atoms with E-state index in [4.69, 9.17) is 22.3 Å². The molecule has 0 bridgehead atoms. The fourth-order valence-corrected chi connectivity index (χ4v) is 4.35. The van der Waals surface area contributed by atoms with Crippen LogP contribution in [0.15, 0.2) is 83.7 Å². The lowest BCUT2D eigenvalue weighted by Crippen LogP contribution is -2.26. The fourth-order valence-electron chi connectivity index (χ4n) is 4.22. The third-order valence-electron chi connectivity index (χ3n) is 6.04. The maximum Gasteiger partial charge on any atom is 0.284 e. The molecule has 5 rings (SSSR count). The quantitative estimate of drug-likeness (QED) is 0.349. The lowest BCUT2D eigenvalue weighted by atomic mass is 10.0. The first-order valence-electron chi connectivity index (χ1n) is 11.6. The van der Waals surface area contributed by atoms with Crippen molar-refractivity contribution >= 4 is 28.5 Å². The molecule has 0 aliphatic carbocycles. The van der Waals surface area contributed by atoms with Gasteiger partial charge in [-0.2, -0.15) is 5.10 Å². The molecule has 3 aromatic carbocycles. The molecule has 180 valence electrons. The van der Waals surface area contributed by atoms with E-state index < -0.39 is 5.91 Å². The van der Waals surface area contributed by atoms with Gasteiger partial charge in [0.25, 0.3) is 5.56 Å². The molecule has 2 N–H and O–H groups in total. The number of aromatic nitrogens is 4. The van der Waals surface area contributed by atoms with Crippen molar-refractivity contribution in [3.63, 3.8) is 0 Å². The molecule has 0 saturated carbocycles. The largest absolute Gasteiger partial charge is 0.368 e. The summed E-state index contributed by atoms with van der Waals surface area (Å²) in [5.74, 6) is 0.218. The van der Waals surface area contributed by atoms with E-state index in [1.54, 1.807) is 24.3 Å². The van der Waals surface area contributed by atoms with Crippen LogP contribution in [0.2, 0.25) is 5.02 Å². The van der Waals surface area contributed by atoms with E-state index >= 15 is 0 Å². The Morgan fingerprint density at radius 2 is 1.61 bits per heavy atom. The van der Waals surface area contributed by atoms with Crippen LogP contribution in [0.1, 0.15) is 25.3 Å². The van der Waals surface area contributed by atoms with E-state index in [1.165, 1.54) is 14.8 Å². The molecular formula is C28H24ClN5O2. The van der Waals surface area contributed by atoms with Crippen LogP contribution < -0.4 is 11.3 Å². The average molecular weight is 498 g/mol. The minimum Gasteiger partial charge on any atom is -0.368 e. The fraction of sp³-hybridized carbons (Fsp3) is 0.143. The van der Waals surface area contributed by atoms with Crippen LogP contribution in [0.25, 0.3) is 39.4 Å². The monoisotopic (exact) mass is 497 g/mol. The molecule has 0 fully saturated rings. The first-order chi connectivity index (χ1) is 17.3. The van der Waals surface area contributed by atoms with Crippen LogP contribution in [-0.2, 0) is 11.3 Å².